The van der Waals surface area contributed by atoms with Crippen LogP contribution in [0.3, 0.4) is 0 Å². The number of carboxylic acids is 2. The van der Waals surface area contributed by atoms with Gasteiger partial charge in [-0.05, 0) is 41.7 Å². The summed E-state index contributed by atoms with van der Waals surface area (Å²) < 4.78 is 31.2. The summed E-state index contributed by atoms with van der Waals surface area (Å²) in [5, 5.41) is 53.4. The number of halogens is 2. The first-order valence-corrected chi connectivity index (χ1v) is 20.1. The van der Waals surface area contributed by atoms with Crippen molar-refractivity contribution < 1.29 is 63.1 Å². The lowest BCUT2D eigenvalue weighted by Crippen LogP contribution is -2.54. The number of rotatable bonds is 23. The molecule has 3 rings (SSSR count). The number of carboxylic acid groups (broad SMARTS) is 2. The van der Waals surface area contributed by atoms with Crippen molar-refractivity contribution in [2.45, 2.75) is 75.9 Å². The van der Waals surface area contributed by atoms with Gasteiger partial charge in [-0.25, -0.2) is 13.6 Å². The van der Waals surface area contributed by atoms with E-state index in [2.05, 4.69) is 16.0 Å². The van der Waals surface area contributed by atoms with Crippen LogP contribution < -0.4 is 27.4 Å². The van der Waals surface area contributed by atoms with Crippen LogP contribution in [0.2, 0.25) is 0 Å². The van der Waals surface area contributed by atoms with E-state index >= 15 is 4.39 Å². The summed E-state index contributed by atoms with van der Waals surface area (Å²) in [6.07, 6.45) is -1.13. The Labute approximate surface area is 354 Å². The van der Waals surface area contributed by atoms with Crippen LogP contribution in [-0.4, -0.2) is 132 Å². The van der Waals surface area contributed by atoms with Crippen LogP contribution in [-0.2, 0) is 35.3 Å². The predicted octanol–water partition coefficient (Wildman–Crippen LogP) is 0.123. The topological polar surface area (TPSA) is 300 Å². The van der Waals surface area contributed by atoms with Gasteiger partial charge in [0.1, 0.15) is 30.3 Å². The van der Waals surface area contributed by atoms with Crippen molar-refractivity contribution in [2.24, 2.45) is 16.9 Å². The van der Waals surface area contributed by atoms with Crippen LogP contribution in [0.1, 0.15) is 50.9 Å². The summed E-state index contributed by atoms with van der Waals surface area (Å²) in [5.41, 5.74) is 12.5. The van der Waals surface area contributed by atoms with E-state index < -0.39 is 114 Å². The third-order valence-electron chi connectivity index (χ3n) is 9.34. The monoisotopic (exact) mass is 877 g/mol. The number of hydrogen-bond donors (Lipinski definition) is 10. The number of hydrogen-bond acceptors (Lipinski definition) is 12. The lowest BCUT2D eigenvalue weighted by atomic mass is 9.82. The molecule has 4 amide bonds. The molecule has 0 aliphatic heterocycles. The number of nitrogens with two attached hydrogens (primary N) is 2. The quantitative estimate of drug-likeness (QED) is 0.0567. The van der Waals surface area contributed by atoms with Crippen molar-refractivity contribution in [3.8, 4) is 11.1 Å². The zero-order valence-corrected chi connectivity index (χ0v) is 34.6. The molecule has 0 fully saturated rings. The van der Waals surface area contributed by atoms with Crippen molar-refractivity contribution in [1.29, 1.82) is 0 Å². The highest BCUT2D eigenvalue weighted by atomic mass is 32.2. The molecule has 0 saturated carbocycles. The molecular weight excluding hydrogens is 825 g/mol. The highest BCUT2D eigenvalue weighted by Crippen LogP contribution is 2.41. The molecule has 0 aliphatic carbocycles. The van der Waals surface area contributed by atoms with Gasteiger partial charge in [-0.2, -0.15) is 11.8 Å². The molecule has 334 valence electrons. The fourth-order valence-corrected chi connectivity index (χ4v) is 7.29. The summed E-state index contributed by atoms with van der Waals surface area (Å²) in [6.45, 7) is 3.31. The van der Waals surface area contributed by atoms with E-state index in [1.807, 2.05) is 51.1 Å². The van der Waals surface area contributed by atoms with E-state index in [9.17, 15) is 53.6 Å². The predicted molar refractivity (Wildman–Crippen MR) is 219 cm³/mol. The van der Waals surface area contributed by atoms with E-state index in [1.165, 1.54) is 4.90 Å². The van der Waals surface area contributed by atoms with Crippen LogP contribution in [0.4, 0.5) is 8.78 Å². The minimum atomic E-state index is -2.01. The number of amides is 4. The number of carbonyl (C=O) groups excluding carboxylic acids is 4. The normalized spacial score (nSPS) is 14.0. The number of nitrogens with one attached hydrogen (secondary N) is 3. The maximum Gasteiger partial charge on any atom is 0.328 e. The Morgan fingerprint density at radius 2 is 1.57 bits per heavy atom. The minimum absolute atomic E-state index is 0.0165. The lowest BCUT2D eigenvalue weighted by molar-refractivity contribution is -0.142. The van der Waals surface area contributed by atoms with Gasteiger partial charge in [0.2, 0.25) is 23.6 Å². The summed E-state index contributed by atoms with van der Waals surface area (Å²) in [6, 6.07) is 8.68. The Bertz CT molecular complexity index is 2000. The first-order chi connectivity index (χ1) is 28.6. The van der Waals surface area contributed by atoms with Gasteiger partial charge in [-0.3, -0.25) is 24.0 Å². The fourth-order valence-electron chi connectivity index (χ4n) is 6.25. The first kappa shape index (κ1) is 49.9. The molecule has 1 unspecified atom stereocenters. The van der Waals surface area contributed by atoms with Crippen molar-refractivity contribution in [3.05, 3.63) is 83.7 Å². The summed E-state index contributed by atoms with van der Waals surface area (Å²) >= 11 is 0.728. The smallest absolute Gasteiger partial charge is 0.328 e. The molecule has 1 aromatic heterocycles. The van der Waals surface area contributed by atoms with Gasteiger partial charge in [-0.1, -0.05) is 51.1 Å². The Hall–Kier alpha value is -5.45. The number of aliphatic carboxylic acids is 2. The highest BCUT2D eigenvalue weighted by molar-refractivity contribution is 8.00. The number of nitrogens with zero attached hydrogens (tertiary/aromatic N) is 2. The molecule has 21 heteroatoms. The van der Waals surface area contributed by atoms with Gasteiger partial charge in [-0.15, -0.1) is 0 Å². The molecule has 18 nitrogen and oxygen atoms in total. The highest BCUT2D eigenvalue weighted by Gasteiger charge is 2.38. The van der Waals surface area contributed by atoms with Gasteiger partial charge in [0.05, 0.1) is 23.9 Å². The molecule has 61 heavy (non-hydrogen) atoms. The molecule has 0 radical (unpaired) electrons. The largest absolute Gasteiger partial charge is 0.480 e. The van der Waals surface area contributed by atoms with Crippen molar-refractivity contribution >= 4 is 47.3 Å². The lowest BCUT2D eigenvalue weighted by Gasteiger charge is -2.41. The molecule has 0 bridgehead atoms. The third-order valence-corrected chi connectivity index (χ3v) is 10.7. The van der Waals surface area contributed by atoms with E-state index in [0.29, 0.717) is 11.3 Å². The number of benzene rings is 2. The SMILES string of the molecule is CC(C)(C)[C@H](c1cc(-c2cc(F)ccc2F)cn1Cc1ccccc1)N(CC[C@H](N)C(=O)N[C@H](CNC(=O)CNC(=O)CC(SC[C@H](N)C(=O)O)C(O)O)C(=O)O)C(=O)CO. The molecule has 12 N–H and O–H groups in total. The zero-order valence-electron chi connectivity index (χ0n) is 33.8. The molecule has 0 spiro atoms. The maximum atomic E-state index is 15.1. The molecule has 0 aliphatic rings. The zero-order chi connectivity index (χ0) is 45.6. The first-order valence-electron chi connectivity index (χ1n) is 19.0. The van der Waals surface area contributed by atoms with Gasteiger partial charge >= 0.3 is 11.9 Å². The van der Waals surface area contributed by atoms with E-state index in [-0.39, 0.29) is 30.8 Å². The molecule has 2 aromatic carbocycles. The second-order valence-corrected chi connectivity index (χ2v) is 16.5. The van der Waals surface area contributed by atoms with Crippen molar-refractivity contribution in [2.75, 3.05) is 32.0 Å². The van der Waals surface area contributed by atoms with Crippen LogP contribution >= 0.6 is 11.8 Å². The molecule has 1 heterocycles. The number of aliphatic hydroxyl groups excluding tert-OH is 2. The average Bonchev–Trinajstić information content (AvgIpc) is 3.60. The minimum Gasteiger partial charge on any atom is -0.480 e. The van der Waals surface area contributed by atoms with Gasteiger partial charge < -0.3 is 62.4 Å². The molecule has 5 atom stereocenters. The van der Waals surface area contributed by atoms with Crippen LogP contribution in [0.15, 0.2) is 60.8 Å². The molecular formula is C40H53F2N7O11S. The Kier molecular flexibility index (Phi) is 18.8. The second-order valence-electron chi connectivity index (χ2n) is 15.2. The number of carbonyl (C=O) groups is 6. The summed E-state index contributed by atoms with van der Waals surface area (Å²) in [7, 11) is 0. The van der Waals surface area contributed by atoms with E-state index in [0.717, 1.165) is 35.5 Å². The standard InChI is InChI=1S/C40H53F2N7O11S/c1-40(2,3)35(30-13-23(25-14-24(41)9-10-26(25)42)19-48(30)18-22-7-5-4-6-8-22)49(34(53)20-50)12-11-27(43)36(54)47-29(38(57)58)16-45-33(52)17-46-32(51)15-31(39(59)60)61-21-28(44)37(55)56/h4-10,13-14,19,27-29,31,35,39,50,59-60H,11-12,15-18,20-21,43-44H2,1-3H3,(H,45,52)(H,46,51)(H,47,54)(H,55,56)(H,57,58)/t27-,28-,29+,31?,35-/m0/s1. The van der Waals surface area contributed by atoms with E-state index in [4.69, 9.17) is 16.6 Å². The third kappa shape index (κ3) is 15.2. The Morgan fingerprint density at radius 1 is 0.902 bits per heavy atom. The number of aliphatic hydroxyl groups is 3. The van der Waals surface area contributed by atoms with Gasteiger partial charge in [0.25, 0.3) is 0 Å². The average molecular weight is 878 g/mol. The van der Waals surface area contributed by atoms with E-state index in [1.54, 1.807) is 16.8 Å². The van der Waals surface area contributed by atoms with Crippen LogP contribution in [0.25, 0.3) is 11.1 Å². The number of aromatic nitrogens is 1. The number of thioether (sulfide) groups is 1. The fraction of sp³-hybridized carbons (Fsp3) is 0.450. The van der Waals surface area contributed by atoms with Crippen molar-refractivity contribution in [3.63, 3.8) is 0 Å². The second kappa shape index (κ2) is 23.0. The van der Waals surface area contributed by atoms with Gasteiger partial charge in [0.15, 0.2) is 6.29 Å². The Balaban J connectivity index is 1.73. The summed E-state index contributed by atoms with van der Waals surface area (Å²) in [5.74, 6) is -7.82. The molecule has 0 saturated heterocycles. The Morgan fingerprint density at radius 3 is 2.16 bits per heavy atom. The van der Waals surface area contributed by atoms with Crippen LogP contribution in [0, 0.1) is 17.0 Å². The van der Waals surface area contributed by atoms with Gasteiger partial charge in [0, 0.05) is 54.8 Å². The summed E-state index contributed by atoms with van der Waals surface area (Å²) in [4.78, 5) is 75.7. The molecule has 3 aromatic rings. The van der Waals surface area contributed by atoms with Crippen LogP contribution in [0.5, 0.6) is 0 Å². The maximum absolute atomic E-state index is 15.1. The van der Waals surface area contributed by atoms with Crippen molar-refractivity contribution in [1.82, 2.24) is 25.4 Å².